The number of piperidine rings is 1. The van der Waals surface area contributed by atoms with Crippen molar-refractivity contribution in [2.75, 3.05) is 64.4 Å². The Labute approximate surface area is 150 Å². The number of carbonyl (C=O) groups is 1. The number of carbonyl (C=O) groups excluding carboxylic acids is 1. The third-order valence-corrected chi connectivity index (χ3v) is 5.25. The van der Waals surface area contributed by atoms with Gasteiger partial charge in [0.1, 0.15) is 5.75 Å². The molecular formula is C19H29N3O3. The molecule has 3 rings (SSSR count). The van der Waals surface area contributed by atoms with E-state index >= 15 is 0 Å². The molecule has 1 amide bonds. The lowest BCUT2D eigenvalue weighted by Crippen LogP contribution is -2.52. The lowest BCUT2D eigenvalue weighted by molar-refractivity contribution is -0.137. The number of aromatic hydroxyl groups is 1. The third kappa shape index (κ3) is 4.64. The Morgan fingerprint density at radius 2 is 2.04 bits per heavy atom. The highest BCUT2D eigenvalue weighted by atomic mass is 16.5. The number of anilines is 1. The van der Waals surface area contributed by atoms with Gasteiger partial charge in [-0.05, 0) is 31.5 Å². The fraction of sp³-hybridized carbons (Fsp3) is 0.632. The van der Waals surface area contributed by atoms with Crippen molar-refractivity contribution in [3.05, 3.63) is 24.3 Å². The number of hydrogen-bond acceptors (Lipinski definition) is 5. The number of phenols is 1. The molecule has 0 bridgehead atoms. The molecule has 1 N–H and O–H groups in total. The van der Waals surface area contributed by atoms with Gasteiger partial charge < -0.3 is 24.5 Å². The van der Waals surface area contributed by atoms with E-state index < -0.39 is 0 Å². The molecule has 1 unspecified atom stereocenters. The van der Waals surface area contributed by atoms with E-state index in [2.05, 4.69) is 9.80 Å². The number of methoxy groups -OCH3 is 1. The number of hydrogen-bond donors (Lipinski definition) is 1. The van der Waals surface area contributed by atoms with Crippen LogP contribution in [0.25, 0.3) is 0 Å². The maximum atomic E-state index is 12.9. The molecule has 1 aromatic carbocycles. The molecule has 1 atom stereocenters. The quantitative estimate of drug-likeness (QED) is 0.873. The smallest absolute Gasteiger partial charge is 0.227 e. The van der Waals surface area contributed by atoms with Gasteiger partial charge in [-0.15, -0.1) is 0 Å². The molecule has 0 aromatic heterocycles. The minimum atomic E-state index is 0.123. The first-order valence-electron chi connectivity index (χ1n) is 9.21. The van der Waals surface area contributed by atoms with Crippen LogP contribution in [0, 0.1) is 5.92 Å². The Morgan fingerprint density at radius 1 is 1.24 bits per heavy atom. The third-order valence-electron chi connectivity index (χ3n) is 5.25. The van der Waals surface area contributed by atoms with Gasteiger partial charge in [0.15, 0.2) is 0 Å². The normalized spacial score (nSPS) is 22.2. The summed E-state index contributed by atoms with van der Waals surface area (Å²) in [6.45, 7) is 6.69. The highest BCUT2D eigenvalue weighted by Gasteiger charge is 2.30. The van der Waals surface area contributed by atoms with Crippen LogP contribution in [0.1, 0.15) is 12.8 Å². The first kappa shape index (κ1) is 18.0. The number of ether oxygens (including phenoxy) is 1. The van der Waals surface area contributed by atoms with Gasteiger partial charge in [-0.3, -0.25) is 4.79 Å². The summed E-state index contributed by atoms with van der Waals surface area (Å²) in [5.41, 5.74) is 1.02. The number of nitrogens with zero attached hydrogens (tertiary/aromatic N) is 3. The Hall–Kier alpha value is -1.79. The number of likely N-dealkylation sites (tertiary alicyclic amines) is 1. The minimum absolute atomic E-state index is 0.123. The summed E-state index contributed by atoms with van der Waals surface area (Å²) in [4.78, 5) is 19.5. The largest absolute Gasteiger partial charge is 0.508 e. The van der Waals surface area contributed by atoms with E-state index in [0.29, 0.717) is 5.91 Å². The van der Waals surface area contributed by atoms with Crippen molar-refractivity contribution in [3.63, 3.8) is 0 Å². The zero-order chi connectivity index (χ0) is 17.6. The van der Waals surface area contributed by atoms with E-state index in [1.54, 1.807) is 19.2 Å². The van der Waals surface area contributed by atoms with Crippen LogP contribution >= 0.6 is 0 Å². The standard InChI is InChI=1S/C19H29N3O3/c1-25-13-12-20-7-3-4-16(15-20)19(24)22-10-8-21(9-11-22)17-5-2-6-18(23)14-17/h2,5-6,14,16,23H,3-4,7-13,15H2,1H3. The average Bonchev–Trinajstić information content (AvgIpc) is 2.66. The van der Waals surface area contributed by atoms with Crippen molar-refractivity contribution in [2.45, 2.75) is 12.8 Å². The average molecular weight is 347 g/mol. The van der Waals surface area contributed by atoms with Crippen LogP contribution in [-0.4, -0.2) is 80.3 Å². The van der Waals surface area contributed by atoms with Gasteiger partial charge >= 0.3 is 0 Å². The van der Waals surface area contributed by atoms with E-state index in [0.717, 1.165) is 70.9 Å². The summed E-state index contributed by atoms with van der Waals surface area (Å²) in [6, 6.07) is 7.33. The summed E-state index contributed by atoms with van der Waals surface area (Å²) < 4.78 is 5.16. The fourth-order valence-corrected chi connectivity index (χ4v) is 3.81. The molecule has 138 valence electrons. The zero-order valence-electron chi connectivity index (χ0n) is 15.1. The topological polar surface area (TPSA) is 56.2 Å². The van der Waals surface area contributed by atoms with Crippen molar-refractivity contribution in [1.29, 1.82) is 0 Å². The number of amides is 1. The number of benzene rings is 1. The Bertz CT molecular complexity index is 573. The molecule has 6 nitrogen and oxygen atoms in total. The highest BCUT2D eigenvalue weighted by Crippen LogP contribution is 2.23. The molecule has 0 radical (unpaired) electrons. The molecule has 2 saturated heterocycles. The van der Waals surface area contributed by atoms with Gasteiger partial charge in [-0.2, -0.15) is 0 Å². The molecule has 25 heavy (non-hydrogen) atoms. The van der Waals surface area contributed by atoms with E-state index in [9.17, 15) is 9.90 Å². The van der Waals surface area contributed by atoms with Crippen LogP contribution in [0.5, 0.6) is 5.75 Å². The van der Waals surface area contributed by atoms with Crippen LogP contribution in [0.2, 0.25) is 0 Å². The van der Waals surface area contributed by atoms with E-state index in [1.807, 2.05) is 17.0 Å². The lowest BCUT2D eigenvalue weighted by Gasteiger charge is -2.39. The summed E-state index contributed by atoms with van der Waals surface area (Å²) in [7, 11) is 1.72. The zero-order valence-corrected chi connectivity index (χ0v) is 15.1. The molecule has 2 aliphatic heterocycles. The number of phenolic OH excluding ortho intramolecular Hbond substituents is 1. The van der Waals surface area contributed by atoms with Crippen molar-refractivity contribution >= 4 is 11.6 Å². The molecule has 6 heteroatoms. The fourth-order valence-electron chi connectivity index (χ4n) is 3.81. The SMILES string of the molecule is COCCN1CCCC(C(=O)N2CCN(c3cccc(O)c3)CC2)C1. The Kier molecular flexibility index (Phi) is 6.15. The predicted octanol–water partition coefficient (Wildman–Crippen LogP) is 1.40. The molecule has 2 aliphatic rings. The summed E-state index contributed by atoms with van der Waals surface area (Å²) >= 11 is 0. The van der Waals surface area contributed by atoms with Gasteiger partial charge in [0.2, 0.25) is 5.91 Å². The maximum Gasteiger partial charge on any atom is 0.227 e. The second-order valence-corrected chi connectivity index (χ2v) is 6.96. The first-order chi connectivity index (χ1) is 12.2. The Balaban J connectivity index is 1.51. The summed E-state index contributed by atoms with van der Waals surface area (Å²) in [5.74, 6) is 0.713. The highest BCUT2D eigenvalue weighted by molar-refractivity contribution is 5.79. The van der Waals surface area contributed by atoms with Crippen LogP contribution in [-0.2, 0) is 9.53 Å². The number of piperazine rings is 1. The number of rotatable bonds is 5. The molecule has 0 spiro atoms. The summed E-state index contributed by atoms with van der Waals surface area (Å²) in [6.07, 6.45) is 2.08. The second-order valence-electron chi connectivity index (χ2n) is 6.96. The van der Waals surface area contributed by atoms with Crippen molar-refractivity contribution in [1.82, 2.24) is 9.80 Å². The molecule has 0 aliphatic carbocycles. The minimum Gasteiger partial charge on any atom is -0.508 e. The van der Waals surface area contributed by atoms with Crippen molar-refractivity contribution in [3.8, 4) is 5.75 Å². The van der Waals surface area contributed by atoms with Crippen LogP contribution in [0.4, 0.5) is 5.69 Å². The van der Waals surface area contributed by atoms with E-state index in [-0.39, 0.29) is 11.7 Å². The van der Waals surface area contributed by atoms with Crippen molar-refractivity contribution < 1.29 is 14.6 Å². The second kappa shape index (κ2) is 8.54. The summed E-state index contributed by atoms with van der Waals surface area (Å²) in [5, 5.41) is 9.64. The van der Waals surface area contributed by atoms with E-state index in [4.69, 9.17) is 4.74 Å². The van der Waals surface area contributed by atoms with Gasteiger partial charge in [0.05, 0.1) is 12.5 Å². The predicted molar refractivity (Wildman–Crippen MR) is 97.9 cm³/mol. The van der Waals surface area contributed by atoms with Crippen LogP contribution < -0.4 is 4.90 Å². The first-order valence-corrected chi connectivity index (χ1v) is 9.21. The van der Waals surface area contributed by atoms with Gasteiger partial charge in [-0.25, -0.2) is 0 Å². The van der Waals surface area contributed by atoms with Crippen LogP contribution in [0.3, 0.4) is 0 Å². The van der Waals surface area contributed by atoms with E-state index in [1.165, 1.54) is 0 Å². The van der Waals surface area contributed by atoms with Crippen molar-refractivity contribution in [2.24, 2.45) is 5.92 Å². The molecule has 0 saturated carbocycles. The van der Waals surface area contributed by atoms with Crippen LogP contribution in [0.15, 0.2) is 24.3 Å². The van der Waals surface area contributed by atoms with Gasteiger partial charge in [0.25, 0.3) is 0 Å². The molecular weight excluding hydrogens is 318 g/mol. The Morgan fingerprint density at radius 3 is 2.76 bits per heavy atom. The molecule has 2 fully saturated rings. The van der Waals surface area contributed by atoms with Gasteiger partial charge in [0, 0.05) is 58.1 Å². The molecule has 2 heterocycles. The lowest BCUT2D eigenvalue weighted by atomic mass is 9.96. The monoisotopic (exact) mass is 347 g/mol. The maximum absolute atomic E-state index is 12.9. The van der Waals surface area contributed by atoms with Gasteiger partial charge in [-0.1, -0.05) is 6.07 Å². The molecule has 1 aromatic rings.